The number of hydrogen-bond donors (Lipinski definition) is 2. The van der Waals surface area contributed by atoms with Gasteiger partial charge in [-0.25, -0.2) is 9.78 Å². The number of urea groups is 1. The van der Waals surface area contributed by atoms with Crippen LogP contribution in [0.2, 0.25) is 0 Å². The fraction of sp³-hybridized carbons (Fsp3) is 0.333. The van der Waals surface area contributed by atoms with Crippen molar-refractivity contribution < 1.29 is 19.1 Å². The van der Waals surface area contributed by atoms with E-state index >= 15 is 0 Å². The summed E-state index contributed by atoms with van der Waals surface area (Å²) in [6, 6.07) is 8.63. The summed E-state index contributed by atoms with van der Waals surface area (Å²) in [6.07, 6.45) is 0.311. The monoisotopic (exact) mass is 388 g/mol. The lowest BCUT2D eigenvalue weighted by molar-refractivity contribution is -0.142. The molecule has 1 saturated heterocycles. The first-order chi connectivity index (χ1) is 13.0. The minimum Gasteiger partial charge on any atom is -0.466 e. The second-order valence-corrected chi connectivity index (χ2v) is 6.82. The summed E-state index contributed by atoms with van der Waals surface area (Å²) in [6.45, 7) is 2.47. The van der Waals surface area contributed by atoms with Gasteiger partial charge in [-0.2, -0.15) is 0 Å². The van der Waals surface area contributed by atoms with Crippen LogP contribution in [0.15, 0.2) is 35.7 Å². The van der Waals surface area contributed by atoms with Crippen molar-refractivity contribution in [1.29, 1.82) is 0 Å². The van der Waals surface area contributed by atoms with Gasteiger partial charge in [0.15, 0.2) is 5.13 Å². The second kappa shape index (κ2) is 8.63. The Kier molecular flexibility index (Phi) is 6.02. The molecule has 0 radical (unpaired) electrons. The number of nitrogens with one attached hydrogen (secondary N) is 2. The summed E-state index contributed by atoms with van der Waals surface area (Å²) in [7, 11) is 0. The zero-order chi connectivity index (χ0) is 19.2. The Labute approximate surface area is 160 Å². The SMILES string of the molecule is CCOC(=O)Cc1csc(NC(=O)N[C@@H]2CC(=O)N(c3ccccc3)C2)n1. The molecule has 1 atom stereocenters. The number of hydrogen-bond acceptors (Lipinski definition) is 6. The van der Waals surface area contributed by atoms with Gasteiger partial charge in [-0.15, -0.1) is 11.3 Å². The van der Waals surface area contributed by atoms with Gasteiger partial charge in [0.1, 0.15) is 0 Å². The molecule has 1 fully saturated rings. The third-order valence-corrected chi connectivity index (χ3v) is 4.74. The fourth-order valence-corrected chi connectivity index (χ4v) is 3.49. The number of amides is 3. The molecule has 2 heterocycles. The van der Waals surface area contributed by atoms with Gasteiger partial charge >= 0.3 is 12.0 Å². The molecule has 0 spiro atoms. The molecule has 1 aromatic heterocycles. The van der Waals surface area contributed by atoms with Crippen LogP contribution in [0.5, 0.6) is 0 Å². The third kappa shape index (κ3) is 5.04. The first kappa shape index (κ1) is 18.8. The normalized spacial score (nSPS) is 16.3. The lowest BCUT2D eigenvalue weighted by Gasteiger charge is -2.17. The van der Waals surface area contributed by atoms with Gasteiger partial charge in [0, 0.05) is 24.0 Å². The van der Waals surface area contributed by atoms with Crippen LogP contribution >= 0.6 is 11.3 Å². The van der Waals surface area contributed by atoms with E-state index in [0.717, 1.165) is 5.69 Å². The number of esters is 1. The Morgan fingerprint density at radius 2 is 2.11 bits per heavy atom. The molecular formula is C18H20N4O4S. The molecule has 0 saturated carbocycles. The molecule has 3 amide bonds. The average Bonchev–Trinajstić information content (AvgIpc) is 3.22. The Morgan fingerprint density at radius 1 is 1.33 bits per heavy atom. The minimum atomic E-state index is -0.431. The first-order valence-electron chi connectivity index (χ1n) is 8.58. The number of aromatic nitrogens is 1. The van der Waals surface area contributed by atoms with Crippen LogP contribution in [0, 0.1) is 0 Å². The smallest absolute Gasteiger partial charge is 0.321 e. The molecule has 1 aliphatic rings. The predicted molar refractivity (Wildman–Crippen MR) is 102 cm³/mol. The summed E-state index contributed by atoms with van der Waals surface area (Å²) < 4.78 is 4.87. The highest BCUT2D eigenvalue weighted by molar-refractivity contribution is 7.13. The Balaban J connectivity index is 1.51. The lowest BCUT2D eigenvalue weighted by atomic mass is 10.2. The maximum Gasteiger partial charge on any atom is 0.321 e. The Hall–Kier alpha value is -2.94. The quantitative estimate of drug-likeness (QED) is 0.739. The van der Waals surface area contributed by atoms with E-state index in [1.807, 2.05) is 30.3 Å². The van der Waals surface area contributed by atoms with Crippen LogP contribution in [0.4, 0.5) is 15.6 Å². The van der Waals surface area contributed by atoms with Crippen LogP contribution in [0.3, 0.4) is 0 Å². The largest absolute Gasteiger partial charge is 0.466 e. The van der Waals surface area contributed by atoms with Crippen LogP contribution in [0.1, 0.15) is 19.0 Å². The number of benzene rings is 1. The number of carbonyl (C=O) groups excluding carboxylic acids is 3. The molecule has 2 N–H and O–H groups in total. The number of ether oxygens (including phenoxy) is 1. The van der Waals surface area contributed by atoms with Crippen LogP contribution < -0.4 is 15.5 Å². The van der Waals surface area contributed by atoms with E-state index in [0.29, 0.717) is 24.0 Å². The molecule has 1 aromatic carbocycles. The number of carbonyl (C=O) groups is 3. The molecule has 0 aliphatic carbocycles. The molecule has 1 aliphatic heterocycles. The van der Waals surface area contributed by atoms with Gasteiger partial charge < -0.3 is 15.0 Å². The number of rotatable bonds is 6. The van der Waals surface area contributed by atoms with E-state index < -0.39 is 6.03 Å². The van der Waals surface area contributed by atoms with E-state index in [1.54, 1.807) is 17.2 Å². The standard InChI is InChI=1S/C18H20N4O4S/c1-2-26-16(24)9-13-11-27-18(20-13)21-17(25)19-12-8-15(23)22(10-12)14-6-4-3-5-7-14/h3-7,11-12H,2,8-10H2,1H3,(H2,19,20,21,25)/t12-/m1/s1. The summed E-state index contributed by atoms with van der Waals surface area (Å²) in [4.78, 5) is 41.7. The second-order valence-electron chi connectivity index (χ2n) is 5.97. The topological polar surface area (TPSA) is 101 Å². The van der Waals surface area contributed by atoms with Crippen molar-refractivity contribution in [3.05, 3.63) is 41.4 Å². The summed E-state index contributed by atoms with van der Waals surface area (Å²) in [5.41, 5.74) is 1.36. The summed E-state index contributed by atoms with van der Waals surface area (Å²) in [5.74, 6) is -0.387. The minimum absolute atomic E-state index is 0.0301. The molecule has 3 rings (SSSR count). The lowest BCUT2D eigenvalue weighted by Crippen LogP contribution is -2.39. The van der Waals surface area contributed by atoms with Crippen molar-refractivity contribution >= 4 is 40.1 Å². The molecule has 8 nitrogen and oxygen atoms in total. The molecule has 142 valence electrons. The van der Waals surface area contributed by atoms with Crippen molar-refractivity contribution in [3.63, 3.8) is 0 Å². The maximum absolute atomic E-state index is 12.2. The van der Waals surface area contributed by atoms with Gasteiger partial charge in [-0.05, 0) is 19.1 Å². The van der Waals surface area contributed by atoms with Crippen molar-refractivity contribution in [3.8, 4) is 0 Å². The molecular weight excluding hydrogens is 368 g/mol. The number of thiazole rings is 1. The van der Waals surface area contributed by atoms with Crippen molar-refractivity contribution in [2.75, 3.05) is 23.4 Å². The number of anilines is 2. The van der Waals surface area contributed by atoms with Crippen molar-refractivity contribution in [1.82, 2.24) is 10.3 Å². The molecule has 9 heteroatoms. The van der Waals surface area contributed by atoms with Crippen molar-refractivity contribution in [2.24, 2.45) is 0 Å². The van der Waals surface area contributed by atoms with Gasteiger partial charge in [0.25, 0.3) is 0 Å². The number of para-hydroxylation sites is 1. The van der Waals surface area contributed by atoms with Gasteiger partial charge in [0.05, 0.1) is 24.8 Å². The summed E-state index contributed by atoms with van der Waals surface area (Å²) in [5, 5.41) is 7.51. The number of nitrogens with zero attached hydrogens (tertiary/aromatic N) is 2. The highest BCUT2D eigenvalue weighted by Crippen LogP contribution is 2.21. The predicted octanol–water partition coefficient (Wildman–Crippen LogP) is 2.18. The first-order valence-corrected chi connectivity index (χ1v) is 9.46. The van der Waals surface area contributed by atoms with Gasteiger partial charge in [-0.3, -0.25) is 14.9 Å². The maximum atomic E-state index is 12.2. The molecule has 0 bridgehead atoms. The third-order valence-electron chi connectivity index (χ3n) is 3.93. The highest BCUT2D eigenvalue weighted by Gasteiger charge is 2.31. The van der Waals surface area contributed by atoms with Crippen LogP contribution in [-0.4, -0.2) is 42.1 Å². The Bertz CT molecular complexity index is 824. The van der Waals surface area contributed by atoms with Gasteiger partial charge in [0.2, 0.25) is 5.91 Å². The fourth-order valence-electron chi connectivity index (χ4n) is 2.79. The highest BCUT2D eigenvalue weighted by atomic mass is 32.1. The zero-order valence-corrected chi connectivity index (χ0v) is 15.6. The van der Waals surface area contributed by atoms with Crippen LogP contribution in [-0.2, 0) is 20.7 Å². The van der Waals surface area contributed by atoms with E-state index in [2.05, 4.69) is 15.6 Å². The Morgan fingerprint density at radius 3 is 2.85 bits per heavy atom. The van der Waals surface area contributed by atoms with E-state index in [-0.39, 0.29) is 30.8 Å². The van der Waals surface area contributed by atoms with E-state index in [4.69, 9.17) is 4.74 Å². The van der Waals surface area contributed by atoms with Crippen molar-refractivity contribution in [2.45, 2.75) is 25.8 Å². The molecule has 27 heavy (non-hydrogen) atoms. The summed E-state index contributed by atoms with van der Waals surface area (Å²) >= 11 is 1.23. The molecule has 0 unspecified atom stereocenters. The average molecular weight is 388 g/mol. The van der Waals surface area contributed by atoms with Gasteiger partial charge in [-0.1, -0.05) is 18.2 Å². The molecule has 2 aromatic rings. The van der Waals surface area contributed by atoms with E-state index in [1.165, 1.54) is 11.3 Å². The van der Waals surface area contributed by atoms with E-state index in [9.17, 15) is 14.4 Å². The zero-order valence-electron chi connectivity index (χ0n) is 14.8. The van der Waals surface area contributed by atoms with Crippen LogP contribution in [0.25, 0.3) is 0 Å².